The fourth-order valence-corrected chi connectivity index (χ4v) is 6.21. The molecule has 0 N–H and O–H groups in total. The number of ether oxygens (including phenoxy) is 1. The van der Waals surface area contributed by atoms with Crippen LogP contribution in [0.25, 0.3) is 0 Å². The number of amides is 1. The molecule has 4 nitrogen and oxygen atoms in total. The van der Waals surface area contributed by atoms with Gasteiger partial charge in [-0.2, -0.15) is 0 Å². The van der Waals surface area contributed by atoms with Gasteiger partial charge in [-0.1, -0.05) is 24.3 Å². The van der Waals surface area contributed by atoms with Crippen molar-refractivity contribution in [2.75, 3.05) is 19.6 Å². The van der Waals surface area contributed by atoms with Crippen molar-refractivity contribution in [3.05, 3.63) is 35.4 Å². The third kappa shape index (κ3) is 4.00. The average molecular weight is 411 g/mol. The molecule has 2 heterocycles. The Morgan fingerprint density at radius 1 is 1.00 bits per heavy atom. The molecule has 2 saturated carbocycles. The summed E-state index contributed by atoms with van der Waals surface area (Å²) in [5, 5.41) is 0. The van der Waals surface area contributed by atoms with Gasteiger partial charge < -0.3 is 9.64 Å². The molecule has 164 valence electrons. The van der Waals surface area contributed by atoms with Crippen LogP contribution in [0.2, 0.25) is 0 Å². The lowest BCUT2D eigenvalue weighted by molar-refractivity contribution is -0.0516. The summed E-state index contributed by atoms with van der Waals surface area (Å²) in [6.07, 6.45) is 10.2. The topological polar surface area (TPSA) is 32.8 Å². The molecule has 2 aliphatic heterocycles. The van der Waals surface area contributed by atoms with Crippen LogP contribution >= 0.6 is 0 Å². The van der Waals surface area contributed by atoms with Crippen LogP contribution in [0.5, 0.6) is 0 Å². The fourth-order valence-electron chi connectivity index (χ4n) is 6.21. The summed E-state index contributed by atoms with van der Waals surface area (Å²) < 4.78 is 5.58. The maximum absolute atomic E-state index is 12.4. The van der Waals surface area contributed by atoms with E-state index in [9.17, 15) is 4.79 Å². The van der Waals surface area contributed by atoms with Gasteiger partial charge in [-0.3, -0.25) is 4.90 Å². The van der Waals surface area contributed by atoms with Crippen molar-refractivity contribution < 1.29 is 9.53 Å². The van der Waals surface area contributed by atoms with E-state index < -0.39 is 5.60 Å². The molecule has 1 atom stereocenters. The number of rotatable bonds is 3. The van der Waals surface area contributed by atoms with E-state index in [0.717, 1.165) is 37.9 Å². The first-order valence-electron chi connectivity index (χ1n) is 12.2. The van der Waals surface area contributed by atoms with Crippen molar-refractivity contribution >= 4 is 6.09 Å². The highest BCUT2D eigenvalue weighted by Crippen LogP contribution is 2.54. The van der Waals surface area contributed by atoms with Crippen LogP contribution in [-0.4, -0.2) is 47.2 Å². The minimum atomic E-state index is -0.407. The second kappa shape index (κ2) is 7.55. The summed E-state index contributed by atoms with van der Waals surface area (Å²) in [6, 6.07) is 10.6. The highest BCUT2D eigenvalue weighted by molar-refractivity contribution is 5.68. The number of likely N-dealkylation sites (tertiary alicyclic amines) is 2. The Kier molecular flexibility index (Phi) is 5.12. The number of hydrogen-bond donors (Lipinski definition) is 0. The minimum absolute atomic E-state index is 0.135. The molecule has 2 saturated heterocycles. The SMILES string of the molecule is CC(C)(C)OC(=O)N1CCC2(CC1)CC(N1CCC[C@H]1c1ccccc1C1CC1)C2. The van der Waals surface area contributed by atoms with Gasteiger partial charge >= 0.3 is 6.09 Å². The van der Waals surface area contributed by atoms with E-state index in [0.29, 0.717) is 11.5 Å². The third-order valence-electron chi connectivity index (χ3n) is 7.95. The van der Waals surface area contributed by atoms with E-state index in [1.54, 1.807) is 11.1 Å². The maximum Gasteiger partial charge on any atom is 0.410 e. The molecule has 2 aliphatic carbocycles. The van der Waals surface area contributed by atoms with Crippen LogP contribution in [0.1, 0.15) is 95.2 Å². The summed E-state index contributed by atoms with van der Waals surface area (Å²) in [5.41, 5.74) is 3.31. The van der Waals surface area contributed by atoms with Gasteiger partial charge in [0, 0.05) is 25.2 Å². The van der Waals surface area contributed by atoms with Crippen molar-refractivity contribution in [3.8, 4) is 0 Å². The molecule has 0 bridgehead atoms. The summed E-state index contributed by atoms with van der Waals surface area (Å²) in [4.78, 5) is 17.2. The normalized spacial score (nSPS) is 27.3. The van der Waals surface area contributed by atoms with Crippen LogP contribution in [0.3, 0.4) is 0 Å². The van der Waals surface area contributed by atoms with Crippen molar-refractivity contribution in [2.45, 2.75) is 95.7 Å². The van der Waals surface area contributed by atoms with Crippen LogP contribution in [0, 0.1) is 5.41 Å². The molecule has 1 aromatic carbocycles. The molecular weight excluding hydrogens is 372 g/mol. The Morgan fingerprint density at radius 3 is 2.30 bits per heavy atom. The van der Waals surface area contributed by atoms with Crippen LogP contribution in [-0.2, 0) is 4.74 Å². The standard InChI is InChI=1S/C26H38N2O2/c1-25(2,3)30-24(29)27-15-12-26(13-16-27)17-20(18-26)28-14-6-9-23(28)22-8-5-4-7-21(22)19-10-11-19/h4-5,7-8,19-20,23H,6,9-18H2,1-3H3/t23-/m0/s1. The Balaban J connectivity index is 1.19. The minimum Gasteiger partial charge on any atom is -0.444 e. The largest absolute Gasteiger partial charge is 0.444 e. The van der Waals surface area contributed by atoms with Gasteiger partial charge in [0.1, 0.15) is 5.60 Å². The molecular formula is C26H38N2O2. The number of carbonyl (C=O) groups excluding carboxylic acids is 1. The van der Waals surface area contributed by atoms with E-state index in [1.165, 1.54) is 45.1 Å². The van der Waals surface area contributed by atoms with Crippen molar-refractivity contribution in [3.63, 3.8) is 0 Å². The average Bonchev–Trinajstić information content (AvgIpc) is 3.42. The summed E-state index contributed by atoms with van der Waals surface area (Å²) in [5.74, 6) is 0.827. The van der Waals surface area contributed by atoms with Crippen molar-refractivity contribution in [1.29, 1.82) is 0 Å². The second-order valence-electron chi connectivity index (χ2n) is 11.3. The van der Waals surface area contributed by atoms with Crippen LogP contribution in [0.4, 0.5) is 4.79 Å². The van der Waals surface area contributed by atoms with Gasteiger partial charge in [0.05, 0.1) is 0 Å². The second-order valence-corrected chi connectivity index (χ2v) is 11.3. The molecule has 4 aliphatic rings. The van der Waals surface area contributed by atoms with E-state index in [4.69, 9.17) is 4.74 Å². The highest BCUT2D eigenvalue weighted by Gasteiger charge is 2.50. The van der Waals surface area contributed by atoms with Crippen molar-refractivity contribution in [1.82, 2.24) is 9.80 Å². The zero-order valence-electron chi connectivity index (χ0n) is 19.0. The fraction of sp³-hybridized carbons (Fsp3) is 0.731. The Morgan fingerprint density at radius 2 is 1.67 bits per heavy atom. The molecule has 0 aromatic heterocycles. The quantitative estimate of drug-likeness (QED) is 0.624. The van der Waals surface area contributed by atoms with E-state index >= 15 is 0 Å². The van der Waals surface area contributed by atoms with Gasteiger partial charge in [0.25, 0.3) is 0 Å². The van der Waals surface area contributed by atoms with Gasteiger partial charge in [-0.25, -0.2) is 4.79 Å². The number of benzene rings is 1. The Hall–Kier alpha value is -1.55. The summed E-state index contributed by atoms with van der Waals surface area (Å²) in [7, 11) is 0. The Labute approximate surface area is 182 Å². The number of piperidine rings is 1. The molecule has 4 fully saturated rings. The predicted octanol–water partition coefficient (Wildman–Crippen LogP) is 5.88. The molecule has 1 amide bonds. The zero-order chi connectivity index (χ0) is 20.9. The smallest absolute Gasteiger partial charge is 0.410 e. The first kappa shape index (κ1) is 20.4. The van der Waals surface area contributed by atoms with E-state index in [1.807, 2.05) is 25.7 Å². The van der Waals surface area contributed by atoms with Crippen molar-refractivity contribution in [2.24, 2.45) is 5.41 Å². The van der Waals surface area contributed by atoms with E-state index in [2.05, 4.69) is 29.2 Å². The molecule has 30 heavy (non-hydrogen) atoms. The first-order valence-corrected chi connectivity index (χ1v) is 12.2. The zero-order valence-corrected chi connectivity index (χ0v) is 19.0. The van der Waals surface area contributed by atoms with Gasteiger partial charge in [0.15, 0.2) is 0 Å². The molecule has 4 heteroatoms. The van der Waals surface area contributed by atoms with Gasteiger partial charge in [0.2, 0.25) is 0 Å². The highest BCUT2D eigenvalue weighted by atomic mass is 16.6. The molecule has 0 unspecified atom stereocenters. The summed E-state index contributed by atoms with van der Waals surface area (Å²) in [6.45, 7) is 8.81. The van der Waals surface area contributed by atoms with Gasteiger partial charge in [-0.05, 0) is 101 Å². The number of hydrogen-bond acceptors (Lipinski definition) is 3. The van der Waals surface area contributed by atoms with Crippen LogP contribution < -0.4 is 0 Å². The van der Waals surface area contributed by atoms with Crippen LogP contribution in [0.15, 0.2) is 24.3 Å². The lowest BCUT2D eigenvalue weighted by atomic mass is 9.60. The number of carbonyl (C=O) groups is 1. The number of nitrogens with zero attached hydrogens (tertiary/aromatic N) is 2. The monoisotopic (exact) mass is 410 g/mol. The lowest BCUT2D eigenvalue weighted by Crippen LogP contribution is -2.55. The molecule has 1 aromatic rings. The van der Waals surface area contributed by atoms with E-state index in [-0.39, 0.29) is 6.09 Å². The molecule has 5 rings (SSSR count). The summed E-state index contributed by atoms with van der Waals surface area (Å²) >= 11 is 0. The maximum atomic E-state index is 12.4. The van der Waals surface area contributed by atoms with Gasteiger partial charge in [-0.15, -0.1) is 0 Å². The third-order valence-corrected chi connectivity index (χ3v) is 7.95. The lowest BCUT2D eigenvalue weighted by Gasteiger charge is -2.55. The Bertz CT molecular complexity index is 778. The molecule has 1 spiro atoms. The molecule has 0 radical (unpaired) electrons. The predicted molar refractivity (Wildman–Crippen MR) is 120 cm³/mol. The first-order chi connectivity index (χ1) is 14.3.